The molecular formula is C11H9N3O. The summed E-state index contributed by atoms with van der Waals surface area (Å²) in [5, 5.41) is 12.2. The lowest BCUT2D eigenvalue weighted by molar-refractivity contribution is 0.319. The molecule has 0 amide bonds. The maximum Gasteiger partial charge on any atom is 0.133 e. The molecule has 1 aliphatic rings. The Balaban J connectivity index is 2.35. The highest BCUT2D eigenvalue weighted by molar-refractivity contribution is 6.11. The second-order valence-corrected chi connectivity index (χ2v) is 3.03. The van der Waals surface area contributed by atoms with E-state index in [0.29, 0.717) is 11.4 Å². The van der Waals surface area contributed by atoms with E-state index in [4.69, 9.17) is 5.21 Å². The Bertz CT molecular complexity index is 466. The summed E-state index contributed by atoms with van der Waals surface area (Å²) in [7, 11) is 0. The van der Waals surface area contributed by atoms with Crippen LogP contribution in [-0.2, 0) is 0 Å². The summed E-state index contributed by atoms with van der Waals surface area (Å²) < 4.78 is 0. The second kappa shape index (κ2) is 4.38. The van der Waals surface area contributed by atoms with Crippen LogP contribution < -0.4 is 0 Å². The van der Waals surface area contributed by atoms with Crippen molar-refractivity contribution >= 4 is 5.71 Å². The average Bonchev–Trinajstić information content (AvgIpc) is 2.33. The van der Waals surface area contributed by atoms with Crippen molar-refractivity contribution in [3.63, 3.8) is 0 Å². The van der Waals surface area contributed by atoms with Gasteiger partial charge in [-0.3, -0.25) is 9.97 Å². The zero-order chi connectivity index (χ0) is 10.5. The van der Waals surface area contributed by atoms with Gasteiger partial charge in [0.05, 0.1) is 6.20 Å². The van der Waals surface area contributed by atoms with Gasteiger partial charge in [-0.2, -0.15) is 0 Å². The summed E-state index contributed by atoms with van der Waals surface area (Å²) in [5.41, 5.74) is 1.92. The summed E-state index contributed by atoms with van der Waals surface area (Å²) >= 11 is 0. The van der Waals surface area contributed by atoms with Gasteiger partial charge in [0.2, 0.25) is 0 Å². The first-order valence-corrected chi connectivity index (χ1v) is 4.58. The molecule has 0 unspecified atom stereocenters. The van der Waals surface area contributed by atoms with Gasteiger partial charge in [-0.15, -0.1) is 0 Å². The Labute approximate surface area is 87.4 Å². The van der Waals surface area contributed by atoms with Crippen LogP contribution >= 0.6 is 0 Å². The molecule has 1 N–H and O–H groups in total. The van der Waals surface area contributed by atoms with E-state index in [0.717, 1.165) is 18.4 Å². The topological polar surface area (TPSA) is 58.4 Å². The van der Waals surface area contributed by atoms with Crippen LogP contribution in [0, 0.1) is 11.8 Å². The van der Waals surface area contributed by atoms with Crippen molar-refractivity contribution in [1.82, 2.24) is 9.97 Å². The molecule has 1 heterocycles. The van der Waals surface area contributed by atoms with Gasteiger partial charge in [0.1, 0.15) is 11.4 Å². The smallest absolute Gasteiger partial charge is 0.133 e. The van der Waals surface area contributed by atoms with Crippen molar-refractivity contribution in [2.24, 2.45) is 5.16 Å². The number of allylic oxidation sites excluding steroid dienone is 2. The minimum absolute atomic E-state index is 0.456. The minimum Gasteiger partial charge on any atom is -0.410 e. The summed E-state index contributed by atoms with van der Waals surface area (Å²) in [6.07, 6.45) is 8.03. The number of hydrogen-bond donors (Lipinski definition) is 1. The van der Waals surface area contributed by atoms with Crippen molar-refractivity contribution in [3.05, 3.63) is 35.9 Å². The molecule has 4 nitrogen and oxygen atoms in total. The van der Waals surface area contributed by atoms with E-state index in [2.05, 4.69) is 27.0 Å². The lowest BCUT2D eigenvalue weighted by Gasteiger charge is -2.07. The van der Waals surface area contributed by atoms with E-state index in [1.807, 2.05) is 0 Å². The predicted molar refractivity (Wildman–Crippen MR) is 55.4 cm³/mol. The number of hydrogen-bond acceptors (Lipinski definition) is 4. The first kappa shape index (κ1) is 9.41. The van der Waals surface area contributed by atoms with Gasteiger partial charge in [0.15, 0.2) is 0 Å². The summed E-state index contributed by atoms with van der Waals surface area (Å²) in [6, 6.07) is 0. The third-order valence-corrected chi connectivity index (χ3v) is 2.08. The van der Waals surface area contributed by atoms with Crippen LogP contribution in [0.3, 0.4) is 0 Å². The molecule has 0 saturated carbocycles. The fourth-order valence-electron chi connectivity index (χ4n) is 1.37. The summed E-state index contributed by atoms with van der Waals surface area (Å²) in [6.45, 7) is 0. The van der Waals surface area contributed by atoms with Gasteiger partial charge < -0.3 is 5.21 Å². The molecule has 74 valence electrons. The molecule has 1 aromatic heterocycles. The number of rotatable bonds is 2. The lowest BCUT2D eigenvalue weighted by atomic mass is 10.00. The van der Waals surface area contributed by atoms with Crippen LogP contribution in [-0.4, -0.2) is 20.9 Å². The minimum atomic E-state index is 0.456. The Hall–Kier alpha value is -2.15. The highest BCUT2D eigenvalue weighted by Crippen LogP contribution is 2.14. The monoisotopic (exact) mass is 199 g/mol. The van der Waals surface area contributed by atoms with E-state index >= 15 is 0 Å². The molecule has 0 fully saturated rings. The highest BCUT2D eigenvalue weighted by atomic mass is 16.4. The van der Waals surface area contributed by atoms with Crippen LogP contribution in [0.1, 0.15) is 18.5 Å². The predicted octanol–water partition coefficient (Wildman–Crippen LogP) is 1.38. The SMILES string of the molecule is O/N=C(/C1=CC#CCC1)c1cnccn1. The Kier molecular flexibility index (Phi) is 2.75. The van der Waals surface area contributed by atoms with Crippen molar-refractivity contribution in [3.8, 4) is 11.8 Å². The van der Waals surface area contributed by atoms with Gasteiger partial charge in [-0.05, 0) is 18.1 Å². The molecule has 0 bridgehead atoms. The van der Waals surface area contributed by atoms with Gasteiger partial charge in [0, 0.05) is 18.8 Å². The average molecular weight is 199 g/mol. The third-order valence-electron chi connectivity index (χ3n) is 2.08. The molecule has 2 rings (SSSR count). The first-order chi connectivity index (χ1) is 7.42. The van der Waals surface area contributed by atoms with Crippen LogP contribution in [0.15, 0.2) is 35.4 Å². The van der Waals surface area contributed by atoms with Crippen LogP contribution in [0.4, 0.5) is 0 Å². The van der Waals surface area contributed by atoms with E-state index in [9.17, 15) is 0 Å². The molecule has 0 saturated heterocycles. The van der Waals surface area contributed by atoms with Crippen LogP contribution in [0.25, 0.3) is 0 Å². The van der Waals surface area contributed by atoms with Crippen LogP contribution in [0.2, 0.25) is 0 Å². The van der Waals surface area contributed by atoms with E-state index in [1.165, 1.54) is 0 Å². The quantitative estimate of drug-likeness (QED) is 0.339. The molecule has 1 aliphatic carbocycles. The standard InChI is InChI=1S/C11H9N3O/c15-14-11(9-4-2-1-3-5-9)10-8-12-6-7-13-10/h5-8,15H,2,4H2/b14-11-. The van der Waals surface area contributed by atoms with Gasteiger partial charge in [-0.1, -0.05) is 17.0 Å². The maximum atomic E-state index is 8.96. The Morgan fingerprint density at radius 2 is 2.40 bits per heavy atom. The fourth-order valence-corrected chi connectivity index (χ4v) is 1.37. The molecule has 0 aliphatic heterocycles. The van der Waals surface area contributed by atoms with Gasteiger partial charge >= 0.3 is 0 Å². The largest absolute Gasteiger partial charge is 0.410 e. The third kappa shape index (κ3) is 2.02. The Morgan fingerprint density at radius 3 is 3.00 bits per heavy atom. The number of nitrogens with zero attached hydrogens (tertiary/aromatic N) is 3. The van der Waals surface area contributed by atoms with Crippen molar-refractivity contribution in [2.75, 3.05) is 0 Å². The van der Waals surface area contributed by atoms with Crippen molar-refractivity contribution < 1.29 is 5.21 Å². The van der Waals surface area contributed by atoms with Gasteiger partial charge in [-0.25, -0.2) is 0 Å². The molecular weight excluding hydrogens is 190 g/mol. The van der Waals surface area contributed by atoms with E-state index in [-0.39, 0.29) is 0 Å². The normalized spacial score (nSPS) is 15.2. The molecule has 15 heavy (non-hydrogen) atoms. The zero-order valence-electron chi connectivity index (χ0n) is 8.01. The molecule has 0 spiro atoms. The number of oxime groups is 1. The Morgan fingerprint density at radius 1 is 1.47 bits per heavy atom. The van der Waals surface area contributed by atoms with Crippen molar-refractivity contribution in [2.45, 2.75) is 12.8 Å². The van der Waals surface area contributed by atoms with Crippen LogP contribution in [0.5, 0.6) is 0 Å². The molecule has 0 radical (unpaired) electrons. The number of aromatic nitrogens is 2. The summed E-state index contributed by atoms with van der Waals surface area (Å²) in [5.74, 6) is 5.81. The molecule has 4 heteroatoms. The fraction of sp³-hybridized carbons (Fsp3) is 0.182. The molecule has 0 atom stereocenters. The lowest BCUT2D eigenvalue weighted by Crippen LogP contribution is -2.09. The molecule has 0 aromatic carbocycles. The molecule has 1 aromatic rings. The first-order valence-electron chi connectivity index (χ1n) is 4.58. The van der Waals surface area contributed by atoms with Gasteiger partial charge in [0.25, 0.3) is 0 Å². The van der Waals surface area contributed by atoms with Crippen molar-refractivity contribution in [1.29, 1.82) is 0 Å². The zero-order valence-corrected chi connectivity index (χ0v) is 8.01. The summed E-state index contributed by atoms with van der Waals surface area (Å²) in [4.78, 5) is 8.01. The van der Waals surface area contributed by atoms with E-state index < -0.39 is 0 Å². The van der Waals surface area contributed by atoms with E-state index in [1.54, 1.807) is 24.7 Å². The second-order valence-electron chi connectivity index (χ2n) is 3.03. The highest BCUT2D eigenvalue weighted by Gasteiger charge is 2.12. The maximum absolute atomic E-state index is 8.96.